The molecule has 12 heteroatoms. The van der Waals surface area contributed by atoms with Gasteiger partial charge in [-0.2, -0.15) is 0 Å². The maximum Gasteiger partial charge on any atom is 0.200 e. The smallest absolute Gasteiger partial charge is 0.200 e. The van der Waals surface area contributed by atoms with Crippen LogP contribution in [0, 0.1) is 105 Å². The molecule has 0 aromatic heterocycles. The Morgan fingerprint density at radius 2 is 0.780 bits per heavy atom. The van der Waals surface area contributed by atoms with Gasteiger partial charge in [0.25, 0.3) is 0 Å². The molecule has 1 aliphatic heterocycles. The van der Waals surface area contributed by atoms with Crippen LogP contribution in [0.5, 0.6) is 0 Å². The fraction of sp³-hybridized carbons (Fsp3) is 0.277. The number of aryl methyl sites for hydroxylation is 6. The van der Waals surface area contributed by atoms with E-state index < -0.39 is 93.5 Å². The Kier molecular flexibility index (Phi) is 12.9. The van der Waals surface area contributed by atoms with Crippen molar-refractivity contribution in [3.63, 3.8) is 0 Å². The van der Waals surface area contributed by atoms with Crippen LogP contribution in [0.3, 0.4) is 0 Å². The van der Waals surface area contributed by atoms with Gasteiger partial charge in [-0.3, -0.25) is 0 Å². The van der Waals surface area contributed by atoms with Gasteiger partial charge in [-0.05, 0) is 87.3 Å². The van der Waals surface area contributed by atoms with E-state index in [-0.39, 0.29) is 6.16 Å². The van der Waals surface area contributed by atoms with Crippen molar-refractivity contribution in [3.05, 3.63) is 176 Å². The molecule has 1 aliphatic rings. The van der Waals surface area contributed by atoms with Crippen LogP contribution >= 0.6 is 7.26 Å². The monoisotopic (exact) mass is 842 g/mol. The number of halogens is 10. The van der Waals surface area contributed by atoms with E-state index in [4.69, 9.17) is 0 Å². The van der Waals surface area contributed by atoms with Gasteiger partial charge in [0.1, 0.15) is 40.0 Å². The molecule has 59 heavy (non-hydrogen) atoms. The third kappa shape index (κ3) is 7.92. The highest BCUT2D eigenvalue weighted by Crippen LogP contribution is 2.70. The van der Waals surface area contributed by atoms with Gasteiger partial charge in [-0.25, -0.2) is 49.9 Å². The lowest BCUT2D eigenvalue weighted by Crippen LogP contribution is -2.71. The molecule has 5 aromatic carbocycles. The fourth-order valence-electron chi connectivity index (χ4n) is 9.40. The molecule has 0 saturated carbocycles. The number of hydrogen-bond acceptors (Lipinski definition) is 0. The second kappa shape index (κ2) is 16.8. The molecule has 0 radical (unpaired) electrons. The van der Waals surface area contributed by atoms with Gasteiger partial charge in [-0.15, -0.1) is 17.0 Å². The summed E-state index contributed by atoms with van der Waals surface area (Å²) in [5.41, 5.74) is -1.08. The zero-order chi connectivity index (χ0) is 44.1. The summed E-state index contributed by atoms with van der Waals surface area (Å²) in [5, 5.41) is 1.25. The Hall–Kier alpha value is -4.63. The van der Waals surface area contributed by atoms with Gasteiger partial charge in [0.05, 0.1) is 13.4 Å². The van der Waals surface area contributed by atoms with Crippen molar-refractivity contribution in [2.45, 2.75) is 74.8 Å². The zero-order valence-electron chi connectivity index (χ0n) is 34.6. The molecule has 0 spiro atoms. The minimum atomic E-state index is -4.36. The quantitative estimate of drug-likeness (QED) is 0.0399. The van der Waals surface area contributed by atoms with Crippen LogP contribution < -0.4 is 21.5 Å². The van der Waals surface area contributed by atoms with Gasteiger partial charge in [0, 0.05) is 0 Å². The average Bonchev–Trinajstić information content (AvgIpc) is 3.49. The fourth-order valence-corrected chi connectivity index (χ4v) is 16.1. The minimum Gasteiger partial charge on any atom is -0.235 e. The van der Waals surface area contributed by atoms with Gasteiger partial charge in [-0.1, -0.05) is 98.6 Å². The molecule has 312 valence electrons. The highest BCUT2D eigenvalue weighted by atomic mass is 31.2. The molecular weight excluding hydrogens is 796 g/mol. The molecule has 1 heterocycles. The Labute approximate surface area is 340 Å². The largest absolute Gasteiger partial charge is 0.235 e. The third-order valence-electron chi connectivity index (χ3n) is 11.1. The Bertz CT molecular complexity index is 2240. The Morgan fingerprint density at radius 1 is 0.492 bits per heavy atom. The molecule has 0 unspecified atom stereocenters. The van der Waals surface area contributed by atoms with Crippen LogP contribution in [0.2, 0.25) is 0 Å². The van der Waals surface area contributed by atoms with Crippen molar-refractivity contribution < 1.29 is 43.9 Å². The topological polar surface area (TPSA) is 0 Å². The second-order valence-electron chi connectivity index (χ2n) is 16.9. The summed E-state index contributed by atoms with van der Waals surface area (Å²) in [5.74, 6) is -23.6. The Balaban J connectivity index is 0.00000101. The molecule has 0 amide bonds. The first-order valence-electron chi connectivity index (χ1n) is 19.1. The van der Waals surface area contributed by atoms with Crippen molar-refractivity contribution in [1.29, 1.82) is 0 Å². The summed E-state index contributed by atoms with van der Waals surface area (Å²) < 4.78 is 159. The van der Waals surface area contributed by atoms with Crippen LogP contribution in [-0.2, 0) is 0 Å². The molecule has 0 N–H and O–H groups in total. The maximum atomic E-state index is 16.7. The van der Waals surface area contributed by atoms with Crippen LogP contribution in [-0.4, -0.2) is 17.9 Å². The first kappa shape index (κ1) is 45.5. The minimum absolute atomic E-state index is 0.102. The highest BCUT2D eigenvalue weighted by Gasteiger charge is 2.62. The predicted molar refractivity (Wildman–Crippen MR) is 222 cm³/mol. The number of hydrogen-bond donors (Lipinski definition) is 0. The second-order valence-corrected chi connectivity index (χ2v) is 20.4. The van der Waals surface area contributed by atoms with Crippen molar-refractivity contribution in [1.82, 2.24) is 0 Å². The lowest BCUT2D eigenvalue weighted by molar-refractivity contribution is 0.381. The van der Waals surface area contributed by atoms with Crippen LogP contribution in [0.1, 0.15) is 61.1 Å². The van der Waals surface area contributed by atoms with Crippen molar-refractivity contribution >= 4 is 34.9 Å². The molecule has 1 atom stereocenters. The van der Waals surface area contributed by atoms with Crippen molar-refractivity contribution in [3.8, 4) is 0 Å². The van der Waals surface area contributed by atoms with E-state index in [1.165, 1.54) is 12.2 Å². The first-order valence-corrected chi connectivity index (χ1v) is 21.1. The molecular formula is C47H46BF10P. The lowest BCUT2D eigenvalue weighted by Gasteiger charge is -2.49. The van der Waals surface area contributed by atoms with Gasteiger partial charge in [0.15, 0.2) is 34.9 Å². The normalized spacial score (nSPS) is 15.4. The van der Waals surface area contributed by atoms with E-state index in [1.54, 1.807) is 55.4 Å². The summed E-state index contributed by atoms with van der Waals surface area (Å²) in [6.07, 6.45) is -1.51. The number of allylic oxidation sites excluding steroid dienone is 3. The summed E-state index contributed by atoms with van der Waals surface area (Å²) in [7, 11) is -3.57. The summed E-state index contributed by atoms with van der Waals surface area (Å²) in [6.45, 7) is 17.3. The first-order chi connectivity index (χ1) is 27.4. The van der Waals surface area contributed by atoms with E-state index in [2.05, 4.69) is 0 Å². The van der Waals surface area contributed by atoms with E-state index in [9.17, 15) is 8.78 Å². The van der Waals surface area contributed by atoms with Gasteiger partial charge >= 0.3 is 0 Å². The van der Waals surface area contributed by atoms with Crippen molar-refractivity contribution in [2.24, 2.45) is 5.41 Å². The summed E-state index contributed by atoms with van der Waals surface area (Å²) >= 11 is 0. The number of rotatable bonds is 6. The van der Waals surface area contributed by atoms with E-state index in [0.717, 1.165) is 17.1 Å². The predicted octanol–water partition coefficient (Wildman–Crippen LogP) is 11.9. The number of benzene rings is 5. The Morgan fingerprint density at radius 3 is 1.07 bits per heavy atom. The van der Waals surface area contributed by atoms with E-state index in [1.807, 2.05) is 74.5 Å². The average molecular weight is 843 g/mol. The lowest BCUT2D eigenvalue weighted by atomic mass is 9.16. The van der Waals surface area contributed by atoms with Crippen molar-refractivity contribution in [2.75, 3.05) is 6.16 Å². The highest BCUT2D eigenvalue weighted by molar-refractivity contribution is 7.93. The molecule has 5 aromatic rings. The standard InChI is InChI=1S/C41H40BF10P.C6H6/c1-19-13-22(4)39(23(5)14-19)53(40-24(6)15-20(2)16-25(40)7)18-21(3)17-26(53)42(12-11-41(8,9)10,27-29(43)33(47)37(51)34(48)30(27)44)28-31(45)35(49)38(52)36(50)32(28)46;1-2-4-6-5-3-1/h11-17,26H,18H2,1-10H3;1-6H/b12-11+;/t26-;/m0./s1. The van der Waals surface area contributed by atoms with Crippen LogP contribution in [0.15, 0.2) is 84.4 Å². The van der Waals surface area contributed by atoms with E-state index >= 15 is 35.1 Å². The summed E-state index contributed by atoms with van der Waals surface area (Å²) in [4.78, 5) is 0. The molecule has 0 fully saturated rings. The third-order valence-corrected chi connectivity index (χ3v) is 16.7. The molecule has 0 aliphatic carbocycles. The van der Waals surface area contributed by atoms with Crippen LogP contribution in [0.25, 0.3) is 0 Å². The molecule has 0 nitrogen and oxygen atoms in total. The van der Waals surface area contributed by atoms with E-state index in [0.29, 0.717) is 38.4 Å². The van der Waals surface area contributed by atoms with Gasteiger partial charge in [0.2, 0.25) is 0 Å². The molecule has 6 rings (SSSR count). The molecule has 0 saturated heterocycles. The SMILES string of the molecule is CC1=C[C@@H]([B-](/C=C/C(C)(C)C)(c2c(F)c(F)c(F)c(F)c2F)c2c(F)c(F)c(F)c(F)c2F)[P+](c2c(C)cc(C)cc2C)(c2c(C)cc(C)cc2C)C1.c1ccccc1. The zero-order valence-corrected chi connectivity index (χ0v) is 35.5. The summed E-state index contributed by atoms with van der Waals surface area (Å²) in [6, 6.07) is 19.4. The van der Waals surface area contributed by atoms with Gasteiger partial charge < -0.3 is 0 Å². The van der Waals surface area contributed by atoms with Crippen LogP contribution in [0.4, 0.5) is 43.9 Å². The maximum absolute atomic E-state index is 16.7. The molecule has 0 bridgehead atoms.